The average Bonchev–Trinajstić information content (AvgIpc) is 2.23. The van der Waals surface area contributed by atoms with Gasteiger partial charge >= 0.3 is 5.97 Å². The van der Waals surface area contributed by atoms with E-state index in [0.29, 0.717) is 26.1 Å². The minimum absolute atomic E-state index is 0.142. The van der Waals surface area contributed by atoms with Crippen molar-refractivity contribution in [2.24, 2.45) is 0 Å². The molecular weight excluding hydrogens is 214 g/mol. The van der Waals surface area contributed by atoms with Crippen LogP contribution in [0, 0.1) is 0 Å². The maximum atomic E-state index is 11.3. The normalized spacial score (nSPS) is 12.1. The van der Waals surface area contributed by atoms with Crippen LogP contribution in [0.2, 0.25) is 0 Å². The van der Waals surface area contributed by atoms with Crippen LogP contribution in [0.1, 0.15) is 19.8 Å². The Morgan fingerprint density at radius 2 is 2.06 bits per heavy atom. The second kappa shape index (κ2) is 9.11. The molecule has 0 aromatic rings. The van der Waals surface area contributed by atoms with Crippen LogP contribution in [-0.4, -0.2) is 50.0 Å². The van der Waals surface area contributed by atoms with Gasteiger partial charge in [-0.3, -0.25) is 4.79 Å². The average molecular weight is 233 g/mol. The van der Waals surface area contributed by atoms with Crippen LogP contribution < -0.4 is 5.32 Å². The van der Waals surface area contributed by atoms with Crippen LogP contribution in [-0.2, 0) is 19.1 Å². The van der Waals surface area contributed by atoms with E-state index < -0.39 is 17.9 Å². The van der Waals surface area contributed by atoms with Gasteiger partial charge < -0.3 is 19.9 Å². The van der Waals surface area contributed by atoms with E-state index in [9.17, 15) is 9.59 Å². The summed E-state index contributed by atoms with van der Waals surface area (Å²) in [5.74, 6) is -1.44. The molecule has 0 fully saturated rings. The molecule has 0 saturated carbocycles. The smallest absolute Gasteiger partial charge is 0.326 e. The number of carboxylic acid groups (broad SMARTS) is 1. The molecule has 0 unspecified atom stereocenters. The standard InChI is InChI=1S/C10H19NO5/c1-3-4-8(10(13)14)11-9(12)7-16-6-5-15-2/h8H,3-7H2,1-2H3,(H,11,12)(H,13,14)/t8-/m0/s1. The molecule has 0 saturated heterocycles. The van der Waals surface area contributed by atoms with Crippen molar-refractivity contribution >= 4 is 11.9 Å². The van der Waals surface area contributed by atoms with E-state index >= 15 is 0 Å². The van der Waals surface area contributed by atoms with Crippen molar-refractivity contribution in [3.63, 3.8) is 0 Å². The van der Waals surface area contributed by atoms with Gasteiger partial charge in [-0.2, -0.15) is 0 Å². The summed E-state index contributed by atoms with van der Waals surface area (Å²) >= 11 is 0. The zero-order valence-electron chi connectivity index (χ0n) is 9.69. The third-order valence-corrected chi connectivity index (χ3v) is 1.88. The zero-order chi connectivity index (χ0) is 12.4. The highest BCUT2D eigenvalue weighted by Crippen LogP contribution is 1.96. The summed E-state index contributed by atoms with van der Waals surface area (Å²) in [5, 5.41) is 11.2. The molecule has 0 aliphatic rings. The highest BCUT2D eigenvalue weighted by atomic mass is 16.5. The summed E-state index contributed by atoms with van der Waals surface area (Å²) < 4.78 is 9.70. The zero-order valence-corrected chi connectivity index (χ0v) is 9.69. The van der Waals surface area contributed by atoms with Gasteiger partial charge in [0.05, 0.1) is 13.2 Å². The van der Waals surface area contributed by atoms with E-state index in [1.807, 2.05) is 6.92 Å². The number of carbonyl (C=O) groups is 2. The molecule has 1 atom stereocenters. The first-order valence-corrected chi connectivity index (χ1v) is 5.20. The lowest BCUT2D eigenvalue weighted by molar-refractivity contribution is -0.142. The molecule has 0 aliphatic heterocycles. The van der Waals surface area contributed by atoms with Crippen molar-refractivity contribution in [2.75, 3.05) is 26.9 Å². The van der Waals surface area contributed by atoms with Gasteiger partial charge in [-0.05, 0) is 6.42 Å². The molecule has 1 amide bonds. The molecule has 0 heterocycles. The van der Waals surface area contributed by atoms with Crippen LogP contribution in [0.25, 0.3) is 0 Å². The fraction of sp³-hybridized carbons (Fsp3) is 0.800. The van der Waals surface area contributed by atoms with Crippen LogP contribution >= 0.6 is 0 Å². The van der Waals surface area contributed by atoms with Crippen molar-refractivity contribution in [1.82, 2.24) is 5.32 Å². The Balaban J connectivity index is 3.77. The number of amides is 1. The summed E-state index contributed by atoms with van der Waals surface area (Å²) in [6.45, 7) is 2.44. The Labute approximate surface area is 94.9 Å². The number of aliphatic carboxylic acids is 1. The highest BCUT2D eigenvalue weighted by Gasteiger charge is 2.18. The molecule has 16 heavy (non-hydrogen) atoms. The minimum atomic E-state index is -1.02. The molecule has 0 aromatic heterocycles. The topological polar surface area (TPSA) is 84.9 Å². The minimum Gasteiger partial charge on any atom is -0.480 e. The molecule has 94 valence electrons. The van der Waals surface area contributed by atoms with E-state index in [1.54, 1.807) is 0 Å². The summed E-state index contributed by atoms with van der Waals surface area (Å²) in [7, 11) is 1.53. The van der Waals surface area contributed by atoms with Crippen LogP contribution in [0.4, 0.5) is 0 Å². The lowest BCUT2D eigenvalue weighted by Crippen LogP contribution is -2.42. The SMILES string of the molecule is CCC[C@H](NC(=O)COCCOC)C(=O)O. The molecule has 0 rings (SSSR count). The van der Waals surface area contributed by atoms with Gasteiger partial charge in [0.1, 0.15) is 12.6 Å². The van der Waals surface area contributed by atoms with Crippen molar-refractivity contribution in [3.05, 3.63) is 0 Å². The summed E-state index contributed by atoms with van der Waals surface area (Å²) in [5.41, 5.74) is 0. The number of carbonyl (C=O) groups excluding carboxylic acids is 1. The number of ether oxygens (including phenoxy) is 2. The molecule has 0 radical (unpaired) electrons. The van der Waals surface area contributed by atoms with E-state index in [4.69, 9.17) is 14.6 Å². The monoisotopic (exact) mass is 233 g/mol. The summed E-state index contributed by atoms with van der Waals surface area (Å²) in [6.07, 6.45) is 1.11. The Kier molecular flexibility index (Phi) is 8.46. The maximum absolute atomic E-state index is 11.3. The predicted octanol–water partition coefficient (Wildman–Crippen LogP) is 0.0189. The maximum Gasteiger partial charge on any atom is 0.326 e. The molecule has 6 nitrogen and oxygen atoms in total. The number of hydrogen-bond donors (Lipinski definition) is 2. The summed E-state index contributed by atoms with van der Waals surface area (Å²) in [6, 6.07) is -0.830. The molecular formula is C10H19NO5. The third-order valence-electron chi connectivity index (χ3n) is 1.88. The molecule has 0 spiro atoms. The van der Waals surface area contributed by atoms with Gasteiger partial charge in [-0.25, -0.2) is 4.79 Å². The van der Waals surface area contributed by atoms with E-state index in [0.717, 1.165) is 0 Å². The van der Waals surface area contributed by atoms with Crippen molar-refractivity contribution in [1.29, 1.82) is 0 Å². The fourth-order valence-electron chi connectivity index (χ4n) is 1.09. The molecule has 0 aliphatic carbocycles. The van der Waals surface area contributed by atoms with Crippen molar-refractivity contribution in [2.45, 2.75) is 25.8 Å². The van der Waals surface area contributed by atoms with Gasteiger partial charge in [0.2, 0.25) is 5.91 Å². The Morgan fingerprint density at radius 3 is 2.56 bits per heavy atom. The van der Waals surface area contributed by atoms with Crippen molar-refractivity contribution in [3.8, 4) is 0 Å². The van der Waals surface area contributed by atoms with E-state index in [2.05, 4.69) is 5.32 Å². The first kappa shape index (κ1) is 14.9. The Hall–Kier alpha value is -1.14. The van der Waals surface area contributed by atoms with E-state index in [-0.39, 0.29) is 6.61 Å². The van der Waals surface area contributed by atoms with Crippen LogP contribution in [0.15, 0.2) is 0 Å². The van der Waals surface area contributed by atoms with Crippen molar-refractivity contribution < 1.29 is 24.2 Å². The molecule has 0 aromatic carbocycles. The van der Waals surface area contributed by atoms with Crippen LogP contribution in [0.3, 0.4) is 0 Å². The van der Waals surface area contributed by atoms with Gasteiger partial charge in [-0.15, -0.1) is 0 Å². The quantitative estimate of drug-likeness (QED) is 0.548. The van der Waals surface area contributed by atoms with Gasteiger partial charge in [0, 0.05) is 7.11 Å². The van der Waals surface area contributed by atoms with Gasteiger partial charge in [0.15, 0.2) is 0 Å². The van der Waals surface area contributed by atoms with Gasteiger partial charge in [-0.1, -0.05) is 13.3 Å². The Morgan fingerprint density at radius 1 is 1.38 bits per heavy atom. The number of carboxylic acids is 1. The number of nitrogens with one attached hydrogen (secondary N) is 1. The third kappa shape index (κ3) is 7.19. The van der Waals surface area contributed by atoms with Gasteiger partial charge in [0.25, 0.3) is 0 Å². The number of methoxy groups -OCH3 is 1. The van der Waals surface area contributed by atoms with Crippen LogP contribution in [0.5, 0.6) is 0 Å². The summed E-state index contributed by atoms with van der Waals surface area (Å²) in [4.78, 5) is 22.0. The molecule has 6 heteroatoms. The molecule has 2 N–H and O–H groups in total. The highest BCUT2D eigenvalue weighted by molar-refractivity contribution is 5.84. The lowest BCUT2D eigenvalue weighted by Gasteiger charge is -2.13. The number of hydrogen-bond acceptors (Lipinski definition) is 4. The largest absolute Gasteiger partial charge is 0.480 e. The first-order valence-electron chi connectivity index (χ1n) is 5.20. The first-order chi connectivity index (χ1) is 7.61. The predicted molar refractivity (Wildman–Crippen MR) is 57.2 cm³/mol. The number of rotatable bonds is 9. The van der Waals surface area contributed by atoms with E-state index in [1.165, 1.54) is 7.11 Å². The molecule has 0 bridgehead atoms. The Bertz CT molecular complexity index is 219. The lowest BCUT2D eigenvalue weighted by atomic mass is 10.2. The second-order valence-corrected chi connectivity index (χ2v) is 3.29. The second-order valence-electron chi connectivity index (χ2n) is 3.29. The fourth-order valence-corrected chi connectivity index (χ4v) is 1.09.